The van der Waals surface area contributed by atoms with E-state index < -0.39 is 41.8 Å². The Kier molecular flexibility index (Phi) is 8.81. The van der Waals surface area contributed by atoms with Crippen molar-refractivity contribution in [3.8, 4) is 0 Å². The number of carbonyl (C=O) groups is 4. The maximum Gasteiger partial charge on any atom is 0.327 e. The van der Waals surface area contributed by atoms with E-state index in [1.165, 1.54) is 0 Å². The fourth-order valence-corrected chi connectivity index (χ4v) is 1.74. The number of nitrogens with two attached hydrogens (primary N) is 2. The van der Waals surface area contributed by atoms with E-state index in [0.29, 0.717) is 0 Å². The van der Waals surface area contributed by atoms with Crippen LogP contribution in [-0.4, -0.2) is 58.4 Å². The number of hydrogen-bond donors (Lipinski definition) is 7. The maximum atomic E-state index is 11.8. The first kappa shape index (κ1) is 19.5. The summed E-state index contributed by atoms with van der Waals surface area (Å²) in [7, 11) is 0. The Bertz CT molecular complexity index is 420. The molecular weight excluding hydrogens is 320 g/mol. The number of primary amides is 1. The second-order valence-corrected chi connectivity index (χ2v) is 4.83. The molecule has 0 rings (SSSR count). The van der Waals surface area contributed by atoms with Gasteiger partial charge in [0.25, 0.3) is 0 Å². The average molecular weight is 338 g/mol. The van der Waals surface area contributed by atoms with Gasteiger partial charge in [-0.15, -0.1) is 0 Å². The first-order valence-corrected chi connectivity index (χ1v) is 7.08. The molecule has 0 aliphatic carbocycles. The molecule has 0 saturated heterocycles. The summed E-state index contributed by atoms with van der Waals surface area (Å²) < 4.78 is 0. The van der Waals surface area contributed by atoms with Crippen LogP contribution in [0.25, 0.3) is 0 Å². The topological polar surface area (TPSA) is 165 Å². The lowest BCUT2D eigenvalue weighted by Crippen LogP contribution is -2.56. The molecule has 0 fully saturated rings. The van der Waals surface area contributed by atoms with Crippen LogP contribution in [0.1, 0.15) is 6.42 Å². The van der Waals surface area contributed by atoms with Crippen LogP contribution in [0.5, 0.6) is 0 Å². The average Bonchev–Trinajstić information content (AvgIpc) is 2.40. The lowest BCUT2D eigenvalue weighted by atomic mass is 10.2. The third-order valence-corrected chi connectivity index (χ3v) is 3.10. The highest BCUT2D eigenvalue weighted by atomic mass is 32.1. The fraction of sp³-hybridized carbons (Fsp3) is 0.600. The molecule has 0 heterocycles. The van der Waals surface area contributed by atoms with Crippen molar-refractivity contribution in [1.29, 1.82) is 0 Å². The van der Waals surface area contributed by atoms with E-state index in [4.69, 9.17) is 16.6 Å². The van der Waals surface area contributed by atoms with Crippen LogP contribution in [0.3, 0.4) is 0 Å². The molecule has 0 aromatic rings. The summed E-state index contributed by atoms with van der Waals surface area (Å²) >= 11 is 7.69. The van der Waals surface area contributed by atoms with Gasteiger partial charge >= 0.3 is 5.97 Å². The Hall–Kier alpha value is -1.46. The Morgan fingerprint density at radius 1 is 1.00 bits per heavy atom. The van der Waals surface area contributed by atoms with Crippen molar-refractivity contribution in [2.45, 2.75) is 24.5 Å². The van der Waals surface area contributed by atoms with Crippen LogP contribution in [0.4, 0.5) is 0 Å². The number of thiol groups is 2. The molecule has 21 heavy (non-hydrogen) atoms. The van der Waals surface area contributed by atoms with Crippen molar-refractivity contribution in [3.05, 3.63) is 0 Å². The molecule has 3 atom stereocenters. The van der Waals surface area contributed by atoms with Crippen molar-refractivity contribution in [2.75, 3.05) is 11.5 Å². The van der Waals surface area contributed by atoms with Gasteiger partial charge in [0, 0.05) is 11.5 Å². The quantitative estimate of drug-likeness (QED) is 0.223. The van der Waals surface area contributed by atoms with Crippen molar-refractivity contribution < 1.29 is 24.3 Å². The summed E-state index contributed by atoms with van der Waals surface area (Å²) in [4.78, 5) is 44.9. The van der Waals surface area contributed by atoms with E-state index in [-0.39, 0.29) is 17.9 Å². The van der Waals surface area contributed by atoms with Gasteiger partial charge in [-0.2, -0.15) is 25.3 Å². The fourth-order valence-electron chi connectivity index (χ4n) is 1.24. The molecule has 0 spiro atoms. The van der Waals surface area contributed by atoms with E-state index in [2.05, 4.69) is 35.9 Å². The van der Waals surface area contributed by atoms with Gasteiger partial charge in [-0.1, -0.05) is 0 Å². The number of aliphatic carboxylic acids is 1. The molecule has 0 bridgehead atoms. The number of carboxylic acids is 1. The molecule has 3 amide bonds. The number of nitrogens with one attached hydrogen (secondary N) is 2. The predicted molar refractivity (Wildman–Crippen MR) is 81.0 cm³/mol. The highest BCUT2D eigenvalue weighted by molar-refractivity contribution is 7.80. The largest absolute Gasteiger partial charge is 0.480 e. The lowest BCUT2D eigenvalue weighted by molar-refractivity contribution is -0.141. The summed E-state index contributed by atoms with van der Waals surface area (Å²) in [6, 6.07) is -3.49. The zero-order valence-electron chi connectivity index (χ0n) is 11.0. The number of carboxylic acid groups (broad SMARTS) is 1. The van der Waals surface area contributed by atoms with E-state index in [1.807, 2.05) is 0 Å². The minimum atomic E-state index is -1.26. The van der Waals surface area contributed by atoms with E-state index >= 15 is 0 Å². The van der Waals surface area contributed by atoms with Crippen LogP contribution in [-0.2, 0) is 19.2 Å². The summed E-state index contributed by atoms with van der Waals surface area (Å²) in [6.07, 6.45) is -0.374. The summed E-state index contributed by atoms with van der Waals surface area (Å²) in [5.74, 6) is -3.72. The normalized spacial score (nSPS) is 14.6. The zero-order valence-corrected chi connectivity index (χ0v) is 12.8. The molecule has 0 aromatic heterocycles. The number of carbonyl (C=O) groups excluding carboxylic acids is 3. The highest BCUT2D eigenvalue weighted by Gasteiger charge is 2.26. The molecule has 0 radical (unpaired) electrons. The number of hydrogen-bond acceptors (Lipinski definition) is 7. The molecule has 7 N–H and O–H groups in total. The third kappa shape index (κ3) is 7.20. The van der Waals surface area contributed by atoms with Gasteiger partial charge in [0.05, 0.1) is 12.5 Å². The van der Waals surface area contributed by atoms with E-state index in [1.54, 1.807) is 0 Å². The van der Waals surface area contributed by atoms with Gasteiger partial charge in [0.15, 0.2) is 0 Å². The second-order valence-electron chi connectivity index (χ2n) is 4.10. The van der Waals surface area contributed by atoms with Crippen molar-refractivity contribution in [2.24, 2.45) is 11.5 Å². The number of amides is 3. The molecule has 11 heteroatoms. The monoisotopic (exact) mass is 338 g/mol. The second kappa shape index (κ2) is 9.47. The van der Waals surface area contributed by atoms with Gasteiger partial charge < -0.3 is 27.2 Å². The van der Waals surface area contributed by atoms with Gasteiger partial charge in [0.1, 0.15) is 12.1 Å². The maximum absolute atomic E-state index is 11.8. The van der Waals surface area contributed by atoms with Crippen LogP contribution in [0.15, 0.2) is 0 Å². The molecular formula is C10H18N4O5S2. The van der Waals surface area contributed by atoms with Crippen molar-refractivity contribution >= 4 is 48.9 Å². The first-order chi connectivity index (χ1) is 9.72. The standard InChI is InChI=1S/C10H18N4O5S2/c11-4(1-7(12)15)8(16)13-5(2-20)9(17)14-6(3-21)10(18)19/h4-6,20-21H,1-3,11H2,(H2,12,15)(H,13,16)(H,14,17)(H,18,19)/t4-,5-,6-/m0/s1. The van der Waals surface area contributed by atoms with Gasteiger partial charge in [-0.3, -0.25) is 14.4 Å². The van der Waals surface area contributed by atoms with Gasteiger partial charge in [-0.25, -0.2) is 4.79 Å². The molecule has 0 aliphatic heterocycles. The Balaban J connectivity index is 4.63. The minimum absolute atomic E-state index is 0.0836. The highest BCUT2D eigenvalue weighted by Crippen LogP contribution is 1.96. The van der Waals surface area contributed by atoms with Crippen LogP contribution < -0.4 is 22.1 Å². The first-order valence-electron chi connectivity index (χ1n) is 5.82. The molecule has 0 aromatic carbocycles. The minimum Gasteiger partial charge on any atom is -0.480 e. The number of rotatable bonds is 9. The smallest absolute Gasteiger partial charge is 0.327 e. The van der Waals surface area contributed by atoms with Gasteiger partial charge in [-0.05, 0) is 0 Å². The molecule has 9 nitrogen and oxygen atoms in total. The third-order valence-electron chi connectivity index (χ3n) is 2.37. The Morgan fingerprint density at radius 3 is 1.86 bits per heavy atom. The van der Waals surface area contributed by atoms with Crippen LogP contribution in [0.2, 0.25) is 0 Å². The van der Waals surface area contributed by atoms with Crippen molar-refractivity contribution in [1.82, 2.24) is 10.6 Å². The molecule has 0 unspecified atom stereocenters. The van der Waals surface area contributed by atoms with Gasteiger partial charge in [0.2, 0.25) is 17.7 Å². The summed E-state index contributed by atoms with van der Waals surface area (Å²) in [5.41, 5.74) is 10.3. The van der Waals surface area contributed by atoms with Crippen LogP contribution in [0, 0.1) is 0 Å². The predicted octanol–water partition coefficient (Wildman–Crippen LogP) is -2.90. The molecule has 0 aliphatic rings. The molecule has 0 saturated carbocycles. The SMILES string of the molecule is NC(=O)C[C@H](N)C(=O)N[C@@H](CS)C(=O)N[C@@H](CS)C(=O)O. The Labute approximate surface area is 132 Å². The van der Waals surface area contributed by atoms with Crippen LogP contribution >= 0.6 is 25.3 Å². The van der Waals surface area contributed by atoms with E-state index in [9.17, 15) is 19.2 Å². The summed E-state index contributed by atoms with van der Waals surface area (Å²) in [5, 5.41) is 13.3. The Morgan fingerprint density at radius 2 is 1.48 bits per heavy atom. The zero-order chi connectivity index (χ0) is 16.6. The van der Waals surface area contributed by atoms with Crippen molar-refractivity contribution in [3.63, 3.8) is 0 Å². The molecule has 120 valence electrons. The lowest BCUT2D eigenvalue weighted by Gasteiger charge is -2.20. The summed E-state index contributed by atoms with van der Waals surface area (Å²) in [6.45, 7) is 0. The van der Waals surface area contributed by atoms with E-state index in [0.717, 1.165) is 0 Å².